The molecule has 8 nitrogen and oxygen atoms in total. The number of aliphatic hydroxyl groups is 1. The number of carbonyl (C=O) groups is 1. The zero-order valence-corrected chi connectivity index (χ0v) is 24.0. The molecule has 1 aliphatic heterocycles. The highest BCUT2D eigenvalue weighted by atomic mass is 32.1. The van der Waals surface area contributed by atoms with Crippen molar-refractivity contribution in [2.24, 2.45) is 5.41 Å². The van der Waals surface area contributed by atoms with Crippen LogP contribution in [0.4, 0.5) is 23.2 Å². The zero-order chi connectivity index (χ0) is 29.5. The largest absolute Gasteiger partial charge is 0.395 e. The van der Waals surface area contributed by atoms with Crippen LogP contribution < -0.4 is 10.6 Å². The molecule has 3 N–H and O–H groups in total. The third-order valence-corrected chi connectivity index (χ3v) is 9.79. The predicted molar refractivity (Wildman–Crippen MR) is 148 cm³/mol. The minimum absolute atomic E-state index is 0.0105. The minimum Gasteiger partial charge on any atom is -0.395 e. The summed E-state index contributed by atoms with van der Waals surface area (Å²) in [5.41, 5.74) is -0.190. The Bertz CT molecular complexity index is 1390. The molecule has 13 heteroatoms. The van der Waals surface area contributed by atoms with E-state index < -0.39 is 30.2 Å². The van der Waals surface area contributed by atoms with Gasteiger partial charge in [-0.05, 0) is 56.2 Å². The summed E-state index contributed by atoms with van der Waals surface area (Å²) in [6.45, 7) is 3.66. The van der Waals surface area contributed by atoms with Gasteiger partial charge < -0.3 is 20.3 Å². The van der Waals surface area contributed by atoms with Gasteiger partial charge >= 0.3 is 6.18 Å². The van der Waals surface area contributed by atoms with Crippen LogP contribution in [0.5, 0.6) is 0 Å². The second kappa shape index (κ2) is 11.5. The number of anilines is 1. The number of carbonyl (C=O) groups excluding carboxylic acids is 1. The molecule has 3 aromatic rings. The zero-order valence-electron chi connectivity index (χ0n) is 23.2. The van der Waals surface area contributed by atoms with Gasteiger partial charge in [-0.15, -0.1) is 11.3 Å². The highest BCUT2D eigenvalue weighted by molar-refractivity contribution is 7.23. The number of nitrogens with one attached hydrogen (secondary N) is 2. The molecule has 4 unspecified atom stereocenters. The molecule has 2 fully saturated rings. The van der Waals surface area contributed by atoms with Crippen LogP contribution in [-0.4, -0.2) is 70.2 Å². The first-order chi connectivity index (χ1) is 19.5. The Balaban J connectivity index is 1.45. The van der Waals surface area contributed by atoms with Gasteiger partial charge in [0.2, 0.25) is 17.6 Å². The average molecular weight is 598 g/mol. The standard InChI is InChI=1S/C28H35F4N5O3S/c1-4-15-11-19(22(29)20(5-2)37(15)3)34-18-8-6-7-16-17(12-28(30,31)32)24(41-23(16)18)25-35-21(40-36-25)13-33-26(39)27(14-38)9-10-27/h6-8,15,19-20,22,34,38H,4-5,9-14H2,1-3H3,(H,33,39). The Morgan fingerprint density at radius 2 is 2.02 bits per heavy atom. The van der Waals surface area contributed by atoms with Crippen LogP contribution in [0.25, 0.3) is 20.8 Å². The summed E-state index contributed by atoms with van der Waals surface area (Å²) >= 11 is 1.10. The van der Waals surface area contributed by atoms with Crippen molar-refractivity contribution in [1.29, 1.82) is 0 Å². The lowest BCUT2D eigenvalue weighted by Crippen LogP contribution is -2.57. The van der Waals surface area contributed by atoms with Crippen LogP contribution in [0.3, 0.4) is 0 Å². The van der Waals surface area contributed by atoms with E-state index in [1.807, 2.05) is 14.0 Å². The normalized spacial score (nSPS) is 24.5. The number of likely N-dealkylation sites (tertiary alicyclic amines) is 1. The summed E-state index contributed by atoms with van der Waals surface area (Å²) in [5, 5.41) is 19.8. The van der Waals surface area contributed by atoms with Gasteiger partial charge in [-0.2, -0.15) is 18.2 Å². The lowest BCUT2D eigenvalue weighted by Gasteiger charge is -2.45. The molecule has 3 heterocycles. The number of rotatable bonds is 10. The summed E-state index contributed by atoms with van der Waals surface area (Å²) in [5.74, 6) is -0.298. The Morgan fingerprint density at radius 1 is 1.27 bits per heavy atom. The minimum atomic E-state index is -4.49. The van der Waals surface area contributed by atoms with Crippen LogP contribution in [0, 0.1) is 5.41 Å². The molecule has 1 saturated carbocycles. The van der Waals surface area contributed by atoms with Gasteiger partial charge in [-0.1, -0.05) is 31.1 Å². The van der Waals surface area contributed by atoms with E-state index in [0.29, 0.717) is 41.5 Å². The molecular weight excluding hydrogens is 562 g/mol. The third kappa shape index (κ3) is 5.94. The molecule has 0 spiro atoms. The maximum atomic E-state index is 15.6. The lowest BCUT2D eigenvalue weighted by atomic mass is 9.87. The van der Waals surface area contributed by atoms with Crippen molar-refractivity contribution in [2.75, 3.05) is 19.0 Å². The molecular formula is C28H35F4N5O3S. The van der Waals surface area contributed by atoms with Crippen molar-refractivity contribution >= 4 is 33.0 Å². The van der Waals surface area contributed by atoms with E-state index in [9.17, 15) is 23.1 Å². The number of thiophene rings is 1. The SMILES string of the molecule is CCC1CC(Nc2cccc3c(CC(F)(F)F)c(-c4noc(CNC(=O)C5(CO)CC5)n4)sc23)C(F)C(CC)N1C. The van der Waals surface area contributed by atoms with E-state index in [0.717, 1.165) is 17.8 Å². The quantitative estimate of drug-likeness (QED) is 0.267. The van der Waals surface area contributed by atoms with E-state index in [1.54, 1.807) is 18.2 Å². The van der Waals surface area contributed by atoms with Crippen LogP contribution in [0.1, 0.15) is 57.4 Å². The Kier molecular flexibility index (Phi) is 8.32. The molecule has 0 bridgehead atoms. The van der Waals surface area contributed by atoms with Crippen LogP contribution in [0.15, 0.2) is 22.7 Å². The van der Waals surface area contributed by atoms with Crippen LogP contribution in [0.2, 0.25) is 0 Å². The Labute approximate surface area is 239 Å². The van der Waals surface area contributed by atoms with Gasteiger partial charge in [0.05, 0.1) is 46.3 Å². The molecule has 0 radical (unpaired) electrons. The molecule has 2 aliphatic rings. The fourth-order valence-corrected chi connectivity index (χ4v) is 7.09. The van der Waals surface area contributed by atoms with Crippen LogP contribution in [-0.2, 0) is 17.8 Å². The van der Waals surface area contributed by atoms with E-state index in [-0.39, 0.29) is 53.3 Å². The molecule has 41 heavy (non-hydrogen) atoms. The van der Waals surface area contributed by atoms with Crippen molar-refractivity contribution in [3.8, 4) is 10.7 Å². The summed E-state index contributed by atoms with van der Waals surface area (Å²) in [6, 6.07) is 4.50. The second-order valence-corrected chi connectivity index (χ2v) is 12.2. The summed E-state index contributed by atoms with van der Waals surface area (Å²) < 4.78 is 62.7. The topological polar surface area (TPSA) is 104 Å². The number of aromatic nitrogens is 2. The first kappa shape index (κ1) is 29.7. The van der Waals surface area contributed by atoms with Crippen LogP contribution >= 0.6 is 11.3 Å². The van der Waals surface area contributed by atoms with Gasteiger partial charge in [-0.25, -0.2) is 4.39 Å². The molecule has 224 valence electrons. The number of halogens is 4. The molecule has 2 aromatic heterocycles. The average Bonchev–Trinajstić information content (AvgIpc) is 3.47. The fraction of sp³-hybridized carbons (Fsp3) is 0.607. The maximum absolute atomic E-state index is 15.6. The van der Waals surface area contributed by atoms with Gasteiger partial charge in [-0.3, -0.25) is 9.69 Å². The first-order valence-electron chi connectivity index (χ1n) is 14.0. The molecule has 1 saturated heterocycles. The summed E-state index contributed by atoms with van der Waals surface area (Å²) in [4.78, 5) is 18.9. The highest BCUT2D eigenvalue weighted by Crippen LogP contribution is 2.46. The Morgan fingerprint density at radius 3 is 2.66 bits per heavy atom. The summed E-state index contributed by atoms with van der Waals surface area (Å²) in [6.07, 6.45) is -3.57. The molecule has 1 aromatic carbocycles. The molecule has 1 aliphatic carbocycles. The number of aliphatic hydroxyl groups excluding tert-OH is 1. The number of piperidine rings is 1. The van der Waals surface area contributed by atoms with Crippen molar-refractivity contribution in [3.05, 3.63) is 29.7 Å². The fourth-order valence-electron chi connectivity index (χ4n) is 5.87. The van der Waals surface area contributed by atoms with Crippen molar-refractivity contribution < 1.29 is 32.0 Å². The number of hydrogen-bond donors (Lipinski definition) is 3. The third-order valence-electron chi connectivity index (χ3n) is 8.51. The van der Waals surface area contributed by atoms with E-state index in [2.05, 4.69) is 32.6 Å². The monoisotopic (exact) mass is 597 g/mol. The van der Waals surface area contributed by atoms with Gasteiger partial charge in [0.1, 0.15) is 6.17 Å². The van der Waals surface area contributed by atoms with Gasteiger partial charge in [0.15, 0.2) is 0 Å². The lowest BCUT2D eigenvalue weighted by molar-refractivity contribution is -0.128. The number of hydrogen-bond acceptors (Lipinski definition) is 8. The molecule has 4 atom stereocenters. The molecule has 1 amide bonds. The second-order valence-electron chi connectivity index (χ2n) is 11.2. The molecule has 5 rings (SSSR count). The number of fused-ring (bicyclic) bond motifs is 1. The number of alkyl halides is 4. The van der Waals surface area contributed by atoms with E-state index in [1.165, 1.54) is 0 Å². The Hall–Kier alpha value is -2.77. The van der Waals surface area contributed by atoms with Gasteiger partial charge in [0, 0.05) is 12.1 Å². The highest BCUT2D eigenvalue weighted by Gasteiger charge is 2.49. The maximum Gasteiger partial charge on any atom is 0.393 e. The van der Waals surface area contributed by atoms with Crippen molar-refractivity contribution in [3.63, 3.8) is 0 Å². The van der Waals surface area contributed by atoms with E-state index in [4.69, 9.17) is 4.52 Å². The van der Waals surface area contributed by atoms with E-state index >= 15 is 4.39 Å². The number of amides is 1. The smallest absolute Gasteiger partial charge is 0.393 e. The predicted octanol–water partition coefficient (Wildman–Crippen LogP) is 5.46. The number of nitrogens with zero attached hydrogens (tertiary/aromatic N) is 3. The van der Waals surface area contributed by atoms with Gasteiger partial charge in [0.25, 0.3) is 0 Å². The van der Waals surface area contributed by atoms with Crippen molar-refractivity contribution in [2.45, 2.75) is 89.4 Å². The van der Waals surface area contributed by atoms with Crippen molar-refractivity contribution in [1.82, 2.24) is 20.4 Å². The summed E-state index contributed by atoms with van der Waals surface area (Å²) in [7, 11) is 1.95. The number of benzene rings is 1. The first-order valence-corrected chi connectivity index (χ1v) is 14.8.